The van der Waals surface area contributed by atoms with Crippen molar-refractivity contribution in [2.45, 2.75) is 65.2 Å². The molecule has 1 N–H and O–H groups in total. The second kappa shape index (κ2) is 7.41. The number of nitrogens with one attached hydrogen (secondary N) is 1. The van der Waals surface area contributed by atoms with Gasteiger partial charge in [-0.05, 0) is 25.2 Å². The summed E-state index contributed by atoms with van der Waals surface area (Å²) in [5.74, 6) is 0.473. The Labute approximate surface area is 111 Å². The number of carbonyl (C=O) groups is 1. The zero-order valence-electron chi connectivity index (χ0n) is 11.8. The predicted octanol–water partition coefficient (Wildman–Crippen LogP) is 3.40. The first-order chi connectivity index (χ1) is 8.64. The van der Waals surface area contributed by atoms with Crippen molar-refractivity contribution in [3.8, 4) is 6.07 Å². The van der Waals surface area contributed by atoms with Crippen molar-refractivity contribution in [2.24, 2.45) is 11.3 Å². The number of unbranched alkanes of at least 4 members (excludes halogenated alkanes) is 5. The Balaban J connectivity index is 2.09. The van der Waals surface area contributed by atoms with Crippen LogP contribution in [-0.2, 0) is 4.79 Å². The van der Waals surface area contributed by atoms with Crippen LogP contribution in [-0.4, -0.2) is 12.5 Å². The fraction of sp³-hybridized carbons (Fsp3) is 0.867. The van der Waals surface area contributed by atoms with E-state index in [4.69, 9.17) is 5.26 Å². The maximum atomic E-state index is 11.9. The molecule has 18 heavy (non-hydrogen) atoms. The van der Waals surface area contributed by atoms with Crippen LogP contribution < -0.4 is 5.32 Å². The molecule has 0 heterocycles. The first-order valence-corrected chi connectivity index (χ1v) is 7.34. The molecule has 3 nitrogen and oxygen atoms in total. The highest BCUT2D eigenvalue weighted by molar-refractivity contribution is 5.86. The van der Waals surface area contributed by atoms with Crippen molar-refractivity contribution in [2.75, 3.05) is 6.54 Å². The van der Waals surface area contributed by atoms with Gasteiger partial charge in [0.25, 0.3) is 0 Å². The molecule has 1 amide bonds. The zero-order valence-corrected chi connectivity index (χ0v) is 11.8. The van der Waals surface area contributed by atoms with Gasteiger partial charge in [0.15, 0.2) is 0 Å². The summed E-state index contributed by atoms with van der Waals surface area (Å²) >= 11 is 0. The highest BCUT2D eigenvalue weighted by Gasteiger charge is 2.48. The molecule has 1 aliphatic rings. The third-order valence-corrected chi connectivity index (χ3v) is 3.86. The molecule has 3 heteroatoms. The van der Waals surface area contributed by atoms with Crippen LogP contribution in [0.15, 0.2) is 0 Å². The minimum Gasteiger partial charge on any atom is -0.355 e. The molecule has 0 atom stereocenters. The third-order valence-electron chi connectivity index (χ3n) is 3.86. The van der Waals surface area contributed by atoms with E-state index in [9.17, 15) is 4.79 Å². The van der Waals surface area contributed by atoms with Crippen LogP contribution in [0.5, 0.6) is 0 Å². The second-order valence-electron chi connectivity index (χ2n) is 5.73. The van der Waals surface area contributed by atoms with Gasteiger partial charge in [-0.2, -0.15) is 5.26 Å². The summed E-state index contributed by atoms with van der Waals surface area (Å²) in [4.78, 5) is 11.9. The summed E-state index contributed by atoms with van der Waals surface area (Å²) in [6.07, 6.45) is 8.79. The smallest absolute Gasteiger partial charge is 0.240 e. The average Bonchev–Trinajstić information content (AvgIpc) is 2.33. The number of rotatable bonds is 8. The SMILES string of the molecule is CCCCCCCCNC(=O)C1(C#N)CC(C)C1. The summed E-state index contributed by atoms with van der Waals surface area (Å²) in [6, 6.07) is 2.20. The van der Waals surface area contributed by atoms with Crippen LogP contribution in [0.2, 0.25) is 0 Å². The normalized spacial score (nSPS) is 26.2. The highest BCUT2D eigenvalue weighted by Crippen LogP contribution is 2.44. The molecular formula is C15H26N2O. The predicted molar refractivity (Wildman–Crippen MR) is 72.8 cm³/mol. The number of amides is 1. The molecular weight excluding hydrogens is 224 g/mol. The molecule has 0 saturated heterocycles. The van der Waals surface area contributed by atoms with Gasteiger partial charge in [0.05, 0.1) is 6.07 Å². The largest absolute Gasteiger partial charge is 0.355 e. The Bertz CT molecular complexity index is 300. The van der Waals surface area contributed by atoms with E-state index in [1.807, 2.05) is 0 Å². The molecule has 0 spiro atoms. The maximum absolute atomic E-state index is 11.9. The lowest BCUT2D eigenvalue weighted by atomic mass is 9.63. The number of nitriles is 1. The molecule has 1 fully saturated rings. The zero-order chi connectivity index (χ0) is 13.4. The number of hydrogen-bond acceptors (Lipinski definition) is 2. The van der Waals surface area contributed by atoms with Crippen molar-refractivity contribution in [1.29, 1.82) is 5.26 Å². The first kappa shape index (κ1) is 15.0. The topological polar surface area (TPSA) is 52.9 Å². The van der Waals surface area contributed by atoms with E-state index in [0.717, 1.165) is 25.8 Å². The van der Waals surface area contributed by atoms with Gasteiger partial charge in [-0.25, -0.2) is 0 Å². The third kappa shape index (κ3) is 4.01. The van der Waals surface area contributed by atoms with Gasteiger partial charge in [0.1, 0.15) is 5.41 Å². The highest BCUT2D eigenvalue weighted by atomic mass is 16.2. The molecule has 0 aromatic carbocycles. The fourth-order valence-corrected chi connectivity index (χ4v) is 2.73. The molecule has 102 valence electrons. The van der Waals surface area contributed by atoms with Crippen molar-refractivity contribution < 1.29 is 4.79 Å². The van der Waals surface area contributed by atoms with Gasteiger partial charge in [0.2, 0.25) is 5.91 Å². The standard InChI is InChI=1S/C15H26N2O/c1-3-4-5-6-7-8-9-17-14(18)15(12-16)10-13(2)11-15/h13H,3-11H2,1-2H3,(H,17,18). The van der Waals surface area contributed by atoms with Crippen molar-refractivity contribution >= 4 is 5.91 Å². The van der Waals surface area contributed by atoms with Crippen LogP contribution in [0.1, 0.15) is 65.2 Å². The molecule has 0 aliphatic heterocycles. The van der Waals surface area contributed by atoms with Gasteiger partial charge in [0, 0.05) is 6.54 Å². The van der Waals surface area contributed by atoms with Gasteiger partial charge >= 0.3 is 0 Å². The van der Waals surface area contributed by atoms with Gasteiger partial charge in [-0.1, -0.05) is 46.0 Å². The number of nitrogens with zero attached hydrogens (tertiary/aromatic N) is 1. The molecule has 0 aromatic heterocycles. The number of hydrogen-bond donors (Lipinski definition) is 1. The minimum absolute atomic E-state index is 0.0448. The van der Waals surface area contributed by atoms with E-state index >= 15 is 0 Å². The fourth-order valence-electron chi connectivity index (χ4n) is 2.73. The Hall–Kier alpha value is -1.04. The van der Waals surface area contributed by atoms with E-state index < -0.39 is 5.41 Å². The lowest BCUT2D eigenvalue weighted by Crippen LogP contribution is -2.48. The number of carbonyl (C=O) groups excluding carboxylic acids is 1. The van der Waals surface area contributed by atoms with E-state index in [2.05, 4.69) is 25.2 Å². The van der Waals surface area contributed by atoms with E-state index in [1.165, 1.54) is 32.1 Å². The van der Waals surface area contributed by atoms with Gasteiger partial charge in [-0.15, -0.1) is 0 Å². The first-order valence-electron chi connectivity index (χ1n) is 7.34. The van der Waals surface area contributed by atoms with Gasteiger partial charge < -0.3 is 5.32 Å². The summed E-state index contributed by atoms with van der Waals surface area (Å²) < 4.78 is 0. The quantitative estimate of drug-likeness (QED) is 0.671. The Morgan fingerprint density at radius 3 is 2.44 bits per heavy atom. The summed E-state index contributed by atoms with van der Waals surface area (Å²) in [7, 11) is 0. The van der Waals surface area contributed by atoms with Gasteiger partial charge in [-0.3, -0.25) is 4.79 Å². The van der Waals surface area contributed by atoms with Crippen LogP contribution in [0.3, 0.4) is 0 Å². The molecule has 1 saturated carbocycles. The lowest BCUT2D eigenvalue weighted by Gasteiger charge is -2.39. The Morgan fingerprint density at radius 2 is 1.89 bits per heavy atom. The average molecular weight is 250 g/mol. The maximum Gasteiger partial charge on any atom is 0.240 e. The van der Waals surface area contributed by atoms with Crippen LogP contribution in [0.4, 0.5) is 0 Å². The van der Waals surface area contributed by atoms with E-state index in [-0.39, 0.29) is 5.91 Å². The van der Waals surface area contributed by atoms with Crippen molar-refractivity contribution in [1.82, 2.24) is 5.32 Å². The van der Waals surface area contributed by atoms with Crippen molar-refractivity contribution in [3.05, 3.63) is 0 Å². The molecule has 1 rings (SSSR count). The lowest BCUT2D eigenvalue weighted by molar-refractivity contribution is -0.133. The molecule has 0 bridgehead atoms. The molecule has 0 radical (unpaired) electrons. The molecule has 1 aliphatic carbocycles. The monoisotopic (exact) mass is 250 g/mol. The van der Waals surface area contributed by atoms with E-state index in [1.54, 1.807) is 0 Å². The van der Waals surface area contributed by atoms with Crippen LogP contribution >= 0.6 is 0 Å². The minimum atomic E-state index is -0.707. The Kier molecular flexibility index (Phi) is 6.18. The van der Waals surface area contributed by atoms with Crippen LogP contribution in [0, 0.1) is 22.7 Å². The van der Waals surface area contributed by atoms with Crippen molar-refractivity contribution in [3.63, 3.8) is 0 Å². The van der Waals surface area contributed by atoms with E-state index in [0.29, 0.717) is 5.92 Å². The second-order valence-corrected chi connectivity index (χ2v) is 5.73. The Morgan fingerprint density at radius 1 is 1.28 bits per heavy atom. The van der Waals surface area contributed by atoms with Crippen LogP contribution in [0.25, 0.3) is 0 Å². The molecule has 0 unspecified atom stereocenters. The molecule has 0 aromatic rings. The summed E-state index contributed by atoms with van der Waals surface area (Å²) in [6.45, 7) is 5.03. The summed E-state index contributed by atoms with van der Waals surface area (Å²) in [5.41, 5.74) is -0.707. The summed E-state index contributed by atoms with van der Waals surface area (Å²) in [5, 5.41) is 12.0.